The van der Waals surface area contributed by atoms with Crippen LogP contribution < -0.4 is 5.73 Å². The maximum atomic E-state index is 12.9. The van der Waals surface area contributed by atoms with Crippen LogP contribution in [0.1, 0.15) is 25.8 Å². The molecule has 1 aromatic carbocycles. The van der Waals surface area contributed by atoms with Gasteiger partial charge in [-0.3, -0.25) is 14.9 Å². The fourth-order valence-corrected chi connectivity index (χ4v) is 4.78. The minimum absolute atomic E-state index is 0.0759. The molecule has 1 atom stereocenters. The minimum Gasteiger partial charge on any atom is -0.339 e. The van der Waals surface area contributed by atoms with E-state index >= 15 is 0 Å². The molecule has 27 heavy (non-hydrogen) atoms. The number of nitrogens with zero attached hydrogens (tertiary/aromatic N) is 3. The Morgan fingerprint density at radius 3 is 2.37 bits per heavy atom. The topological polar surface area (TPSA) is 127 Å². The molecule has 150 valence electrons. The van der Waals surface area contributed by atoms with Crippen LogP contribution in [0, 0.1) is 23.0 Å². The molecule has 0 aromatic heterocycles. The molecule has 9 nitrogen and oxygen atoms in total. The van der Waals surface area contributed by atoms with Crippen molar-refractivity contribution in [2.24, 2.45) is 11.7 Å². The molecule has 1 heterocycles. The van der Waals surface area contributed by atoms with Gasteiger partial charge < -0.3 is 10.6 Å². The average Bonchev–Trinajstić information content (AvgIpc) is 2.60. The highest BCUT2D eigenvalue weighted by atomic mass is 32.2. The Kier molecular flexibility index (Phi) is 6.55. The van der Waals surface area contributed by atoms with Crippen LogP contribution in [-0.2, 0) is 14.8 Å². The van der Waals surface area contributed by atoms with Gasteiger partial charge in [-0.25, -0.2) is 8.42 Å². The van der Waals surface area contributed by atoms with Crippen molar-refractivity contribution in [2.75, 3.05) is 26.2 Å². The van der Waals surface area contributed by atoms with E-state index in [-0.39, 0.29) is 42.7 Å². The summed E-state index contributed by atoms with van der Waals surface area (Å²) in [7, 11) is -3.88. The number of nitrogens with two attached hydrogens (primary N) is 1. The zero-order valence-electron chi connectivity index (χ0n) is 15.8. The molecule has 0 radical (unpaired) electrons. The van der Waals surface area contributed by atoms with Gasteiger partial charge in [0.1, 0.15) is 0 Å². The molecule has 1 aromatic rings. The standard InChI is InChI=1S/C17H26N4O5S/c1-12(2)10-15(18)17(22)19-6-8-20(9-7-19)27(25,26)16-11-14(21(23)24)5-4-13(16)3/h4-5,11-12,15H,6-10,18H2,1-3H3/t15-/m0/s1. The SMILES string of the molecule is Cc1ccc([N+](=O)[O-])cc1S(=O)(=O)N1CCN(C(=O)[C@@H](N)CC(C)C)CC1. The number of nitro benzene ring substituents is 1. The molecule has 10 heteroatoms. The Bertz CT molecular complexity index is 817. The van der Waals surface area contributed by atoms with Crippen molar-refractivity contribution in [3.05, 3.63) is 33.9 Å². The normalized spacial score (nSPS) is 17.1. The van der Waals surface area contributed by atoms with E-state index in [9.17, 15) is 23.3 Å². The summed E-state index contributed by atoms with van der Waals surface area (Å²) in [6.07, 6.45) is 0.574. The lowest BCUT2D eigenvalue weighted by Crippen LogP contribution is -2.54. The molecule has 2 N–H and O–H groups in total. The second-order valence-electron chi connectivity index (χ2n) is 7.17. The smallest absolute Gasteiger partial charge is 0.270 e. The molecule has 2 rings (SSSR count). The summed E-state index contributed by atoms with van der Waals surface area (Å²) in [4.78, 5) is 24.2. The quantitative estimate of drug-likeness (QED) is 0.565. The van der Waals surface area contributed by atoms with Crippen molar-refractivity contribution in [3.63, 3.8) is 0 Å². The molecule has 0 aliphatic carbocycles. The van der Waals surface area contributed by atoms with Gasteiger partial charge in [-0.05, 0) is 24.8 Å². The zero-order valence-corrected chi connectivity index (χ0v) is 16.6. The number of benzene rings is 1. The van der Waals surface area contributed by atoms with Crippen LogP contribution in [0.5, 0.6) is 0 Å². The molecule has 1 aliphatic rings. The van der Waals surface area contributed by atoms with Crippen LogP contribution in [0.15, 0.2) is 23.1 Å². The minimum atomic E-state index is -3.88. The Morgan fingerprint density at radius 1 is 1.26 bits per heavy atom. The van der Waals surface area contributed by atoms with E-state index < -0.39 is 21.0 Å². The van der Waals surface area contributed by atoms with E-state index in [1.807, 2.05) is 13.8 Å². The number of carbonyl (C=O) groups excluding carboxylic acids is 1. The second-order valence-corrected chi connectivity index (χ2v) is 9.08. The number of aryl methyl sites for hydroxylation is 1. The summed E-state index contributed by atoms with van der Waals surface area (Å²) in [5.41, 5.74) is 6.11. The highest BCUT2D eigenvalue weighted by Gasteiger charge is 2.33. The fraction of sp³-hybridized carbons (Fsp3) is 0.588. The lowest BCUT2D eigenvalue weighted by atomic mass is 10.0. The highest BCUT2D eigenvalue weighted by Crippen LogP contribution is 2.25. The van der Waals surface area contributed by atoms with Crippen molar-refractivity contribution >= 4 is 21.6 Å². The van der Waals surface area contributed by atoms with Crippen LogP contribution in [0.25, 0.3) is 0 Å². The molecule has 0 unspecified atom stereocenters. The first kappa shape index (κ1) is 21.3. The predicted octanol–water partition coefficient (Wildman–Crippen LogP) is 1.11. The van der Waals surface area contributed by atoms with Gasteiger partial charge in [-0.2, -0.15) is 4.31 Å². The number of carbonyl (C=O) groups is 1. The van der Waals surface area contributed by atoms with E-state index in [1.165, 1.54) is 16.4 Å². The zero-order chi connectivity index (χ0) is 20.4. The fourth-order valence-electron chi connectivity index (χ4n) is 3.11. The first-order valence-corrected chi connectivity index (χ1v) is 10.3. The van der Waals surface area contributed by atoms with E-state index in [2.05, 4.69) is 0 Å². The van der Waals surface area contributed by atoms with Crippen LogP contribution in [0.4, 0.5) is 5.69 Å². The summed E-state index contributed by atoms with van der Waals surface area (Å²) < 4.78 is 27.1. The summed E-state index contributed by atoms with van der Waals surface area (Å²) in [6, 6.07) is 3.20. The Hall–Kier alpha value is -2.04. The molecule has 1 fully saturated rings. The maximum absolute atomic E-state index is 12.9. The van der Waals surface area contributed by atoms with Crippen molar-refractivity contribution in [2.45, 2.75) is 38.1 Å². The van der Waals surface area contributed by atoms with Crippen LogP contribution >= 0.6 is 0 Å². The summed E-state index contributed by atoms with van der Waals surface area (Å²) in [6.45, 7) is 6.32. The van der Waals surface area contributed by atoms with E-state index in [0.29, 0.717) is 17.9 Å². The number of amides is 1. The van der Waals surface area contributed by atoms with Gasteiger partial charge in [0.05, 0.1) is 15.9 Å². The van der Waals surface area contributed by atoms with E-state index in [1.54, 1.807) is 11.8 Å². The van der Waals surface area contributed by atoms with Gasteiger partial charge in [-0.15, -0.1) is 0 Å². The van der Waals surface area contributed by atoms with E-state index in [4.69, 9.17) is 5.73 Å². The van der Waals surface area contributed by atoms with Crippen molar-refractivity contribution in [1.82, 2.24) is 9.21 Å². The third-order valence-electron chi connectivity index (χ3n) is 4.59. The first-order valence-electron chi connectivity index (χ1n) is 8.83. The van der Waals surface area contributed by atoms with Crippen molar-refractivity contribution in [3.8, 4) is 0 Å². The summed E-state index contributed by atoms with van der Waals surface area (Å²) >= 11 is 0. The lowest BCUT2D eigenvalue weighted by molar-refractivity contribution is -0.385. The lowest BCUT2D eigenvalue weighted by Gasteiger charge is -2.35. The summed E-state index contributed by atoms with van der Waals surface area (Å²) in [5, 5.41) is 11.0. The van der Waals surface area contributed by atoms with Crippen molar-refractivity contribution < 1.29 is 18.1 Å². The van der Waals surface area contributed by atoms with Gasteiger partial charge in [0.15, 0.2) is 0 Å². The van der Waals surface area contributed by atoms with Gasteiger partial charge >= 0.3 is 0 Å². The number of rotatable bonds is 6. The molecular weight excluding hydrogens is 372 g/mol. The molecule has 0 bridgehead atoms. The number of piperazine rings is 1. The maximum Gasteiger partial charge on any atom is 0.270 e. The Labute approximate surface area is 159 Å². The van der Waals surface area contributed by atoms with Crippen LogP contribution in [0.3, 0.4) is 0 Å². The molecule has 0 saturated carbocycles. The van der Waals surface area contributed by atoms with Gasteiger partial charge in [0, 0.05) is 38.3 Å². The summed E-state index contributed by atoms with van der Waals surface area (Å²) in [5.74, 6) is 0.120. The number of nitro groups is 1. The molecule has 1 aliphatic heterocycles. The largest absolute Gasteiger partial charge is 0.339 e. The average molecular weight is 398 g/mol. The second kappa shape index (κ2) is 8.32. The number of hydrogen-bond donors (Lipinski definition) is 1. The Morgan fingerprint density at radius 2 is 1.85 bits per heavy atom. The molecular formula is C17H26N4O5S. The van der Waals surface area contributed by atoms with Crippen LogP contribution in [-0.4, -0.2) is 60.7 Å². The van der Waals surface area contributed by atoms with Crippen molar-refractivity contribution in [1.29, 1.82) is 0 Å². The van der Waals surface area contributed by atoms with Crippen LogP contribution in [0.2, 0.25) is 0 Å². The number of sulfonamides is 1. The third kappa shape index (κ3) is 4.82. The molecule has 1 amide bonds. The highest BCUT2D eigenvalue weighted by molar-refractivity contribution is 7.89. The first-order chi connectivity index (χ1) is 12.5. The van der Waals surface area contributed by atoms with Gasteiger partial charge in [0.25, 0.3) is 5.69 Å². The third-order valence-corrected chi connectivity index (χ3v) is 6.63. The monoisotopic (exact) mass is 398 g/mol. The number of hydrogen-bond acceptors (Lipinski definition) is 6. The van der Waals surface area contributed by atoms with Gasteiger partial charge in [-0.1, -0.05) is 19.9 Å². The van der Waals surface area contributed by atoms with E-state index in [0.717, 1.165) is 6.07 Å². The molecule has 1 saturated heterocycles. The predicted molar refractivity (Wildman–Crippen MR) is 101 cm³/mol. The molecule has 0 spiro atoms. The van der Waals surface area contributed by atoms with Gasteiger partial charge in [0.2, 0.25) is 15.9 Å². The number of non-ortho nitro benzene ring substituents is 1. The Balaban J connectivity index is 2.12.